The second-order valence-electron chi connectivity index (χ2n) is 6.80. The van der Waals surface area contributed by atoms with Gasteiger partial charge in [0.1, 0.15) is 0 Å². The van der Waals surface area contributed by atoms with Crippen molar-refractivity contribution in [1.82, 2.24) is 40.8 Å². The average Bonchev–Trinajstić information content (AvgIpc) is 3.53. The molecular weight excluding hydrogens is 577 g/mol. The van der Waals surface area contributed by atoms with Crippen LogP contribution in [0.1, 0.15) is 5.56 Å². The highest BCUT2D eigenvalue weighted by atomic mass is 35.5. The molecule has 35 heavy (non-hydrogen) atoms. The van der Waals surface area contributed by atoms with Gasteiger partial charge in [0.15, 0.2) is 5.82 Å². The van der Waals surface area contributed by atoms with Gasteiger partial charge >= 0.3 is 0 Å². The van der Waals surface area contributed by atoms with E-state index in [1.54, 1.807) is 59.3 Å². The molecule has 2 aromatic heterocycles. The first kappa shape index (κ1) is 25.6. The van der Waals surface area contributed by atoms with E-state index in [0.29, 0.717) is 59.5 Å². The summed E-state index contributed by atoms with van der Waals surface area (Å²) in [5, 5.41) is 27.9. The normalized spacial score (nSPS) is 10.7. The predicted molar refractivity (Wildman–Crippen MR) is 138 cm³/mol. The second kappa shape index (κ2) is 11.5. The van der Waals surface area contributed by atoms with Gasteiger partial charge in [0.05, 0.1) is 26.6 Å². The molecule has 5 aromatic rings. The maximum absolute atomic E-state index is 6.23. The summed E-state index contributed by atoms with van der Waals surface area (Å²) >= 11 is 36.4. The lowest BCUT2D eigenvalue weighted by atomic mass is 10.2. The van der Waals surface area contributed by atoms with Crippen molar-refractivity contribution in [2.75, 3.05) is 0 Å². The third-order valence-corrected chi connectivity index (χ3v) is 6.98. The molecule has 0 bridgehead atoms. The van der Waals surface area contributed by atoms with E-state index in [-0.39, 0.29) is 0 Å². The van der Waals surface area contributed by atoms with Crippen molar-refractivity contribution in [3.05, 3.63) is 90.3 Å². The molecule has 0 unspecified atom stereocenters. The van der Waals surface area contributed by atoms with Gasteiger partial charge in [-0.15, -0.1) is 15.3 Å². The number of tetrazole rings is 2. The number of halogens is 6. The molecule has 0 radical (unpaired) electrons. The fourth-order valence-electron chi connectivity index (χ4n) is 2.97. The van der Waals surface area contributed by atoms with Gasteiger partial charge in [-0.3, -0.25) is 0 Å². The fraction of sp³-hybridized carbons (Fsp3) is 0.0476. The predicted octanol–water partition coefficient (Wildman–Crippen LogP) is 7.18. The summed E-state index contributed by atoms with van der Waals surface area (Å²) in [4.78, 5) is 0. The van der Waals surface area contributed by atoms with E-state index in [1.807, 2.05) is 0 Å². The van der Waals surface area contributed by atoms with E-state index in [2.05, 4.69) is 36.1 Å². The molecule has 0 saturated heterocycles. The minimum absolute atomic E-state index is 0.323. The molecular formula is C21H12Cl6N8. The van der Waals surface area contributed by atoms with Crippen LogP contribution in [-0.4, -0.2) is 40.8 Å². The van der Waals surface area contributed by atoms with Crippen LogP contribution in [0.25, 0.3) is 22.8 Å². The summed E-state index contributed by atoms with van der Waals surface area (Å²) in [5.74, 6) is 0.927. The van der Waals surface area contributed by atoms with Gasteiger partial charge in [0.25, 0.3) is 0 Å². The number of hydrogen-bond donors (Lipinski definition) is 1. The van der Waals surface area contributed by atoms with Gasteiger partial charge in [-0.1, -0.05) is 87.8 Å². The number of nitrogens with one attached hydrogen (secondary N) is 1. The molecule has 178 valence electrons. The maximum atomic E-state index is 6.23. The molecule has 2 heterocycles. The molecule has 0 aliphatic heterocycles. The van der Waals surface area contributed by atoms with Gasteiger partial charge in [-0.25, -0.2) is 4.68 Å². The van der Waals surface area contributed by atoms with Crippen molar-refractivity contribution in [1.29, 1.82) is 0 Å². The molecule has 8 nitrogen and oxygen atoms in total. The molecule has 0 saturated carbocycles. The third kappa shape index (κ3) is 5.86. The molecule has 0 aliphatic carbocycles. The topological polar surface area (TPSA) is 98.1 Å². The summed E-state index contributed by atoms with van der Waals surface area (Å²) in [7, 11) is 0. The zero-order chi connectivity index (χ0) is 24.9. The zero-order valence-electron chi connectivity index (χ0n) is 17.3. The standard InChI is InChI=1S/C14H8Cl4N4.C7H4Cl2N4/c15-10-4-2-5-11(16)9(10)7-22-14(19-20-21-22)8-3-1-6-12(17)13(8)18;8-5-3-1-2-4(6(5)9)7-10-12-13-11-7/h1-6H,7H2;1-3H,(H,10,11,12,13). The highest BCUT2D eigenvalue weighted by Gasteiger charge is 2.16. The molecule has 0 amide bonds. The quantitative estimate of drug-likeness (QED) is 0.239. The Balaban J connectivity index is 0.000000189. The van der Waals surface area contributed by atoms with Crippen LogP contribution in [-0.2, 0) is 6.54 Å². The van der Waals surface area contributed by atoms with E-state index in [9.17, 15) is 0 Å². The van der Waals surface area contributed by atoms with Crippen LogP contribution >= 0.6 is 69.6 Å². The summed E-state index contributed by atoms with van der Waals surface area (Å²) in [5.41, 5.74) is 2.04. The van der Waals surface area contributed by atoms with E-state index in [0.717, 1.165) is 5.56 Å². The Bertz CT molecular complexity index is 1430. The highest BCUT2D eigenvalue weighted by molar-refractivity contribution is 6.44. The molecule has 0 atom stereocenters. The first-order valence-electron chi connectivity index (χ1n) is 9.68. The Morgan fingerprint density at radius 3 is 1.89 bits per heavy atom. The Kier molecular flexibility index (Phi) is 8.43. The number of benzene rings is 3. The lowest BCUT2D eigenvalue weighted by molar-refractivity contribution is 0.653. The van der Waals surface area contributed by atoms with Crippen LogP contribution < -0.4 is 0 Å². The smallest absolute Gasteiger partial charge is 0.206 e. The van der Waals surface area contributed by atoms with E-state index in [4.69, 9.17) is 69.6 Å². The highest BCUT2D eigenvalue weighted by Crippen LogP contribution is 2.33. The van der Waals surface area contributed by atoms with Crippen molar-refractivity contribution < 1.29 is 0 Å². The Labute approximate surface area is 229 Å². The van der Waals surface area contributed by atoms with E-state index < -0.39 is 0 Å². The molecule has 14 heteroatoms. The Morgan fingerprint density at radius 2 is 1.26 bits per heavy atom. The van der Waals surface area contributed by atoms with Gasteiger partial charge in [-0.2, -0.15) is 5.21 Å². The van der Waals surface area contributed by atoms with E-state index >= 15 is 0 Å². The molecule has 0 fully saturated rings. The molecule has 0 spiro atoms. The van der Waals surface area contributed by atoms with Gasteiger partial charge in [-0.05, 0) is 52.0 Å². The van der Waals surface area contributed by atoms with Crippen molar-refractivity contribution >= 4 is 69.6 Å². The van der Waals surface area contributed by atoms with Crippen LogP contribution in [0.5, 0.6) is 0 Å². The van der Waals surface area contributed by atoms with Crippen molar-refractivity contribution in [3.63, 3.8) is 0 Å². The van der Waals surface area contributed by atoms with Crippen LogP contribution in [0.2, 0.25) is 30.1 Å². The first-order chi connectivity index (χ1) is 16.9. The first-order valence-corrected chi connectivity index (χ1v) is 11.9. The minimum atomic E-state index is 0.323. The van der Waals surface area contributed by atoms with Gasteiger partial charge in [0.2, 0.25) is 5.82 Å². The molecule has 5 rings (SSSR count). The van der Waals surface area contributed by atoms with Crippen LogP contribution in [0.15, 0.2) is 54.6 Å². The SMILES string of the molecule is Clc1cccc(-c2nn[nH]n2)c1Cl.Clc1cccc(-c2nnnn2Cc2c(Cl)cccc2Cl)c1Cl. The fourth-order valence-corrected chi connectivity index (χ4v) is 4.25. The number of nitrogens with zero attached hydrogens (tertiary/aromatic N) is 7. The van der Waals surface area contributed by atoms with Crippen LogP contribution in [0.3, 0.4) is 0 Å². The number of aromatic amines is 1. The molecule has 3 aromatic carbocycles. The summed E-state index contributed by atoms with van der Waals surface area (Å²) in [6.07, 6.45) is 0. The number of H-pyrrole nitrogens is 1. The molecule has 1 N–H and O–H groups in total. The largest absolute Gasteiger partial charge is 0.221 e. The lowest BCUT2D eigenvalue weighted by Gasteiger charge is -2.09. The minimum Gasteiger partial charge on any atom is -0.221 e. The summed E-state index contributed by atoms with van der Waals surface area (Å²) < 4.78 is 1.57. The van der Waals surface area contributed by atoms with Crippen molar-refractivity contribution in [2.45, 2.75) is 6.54 Å². The number of aromatic nitrogens is 8. The zero-order valence-corrected chi connectivity index (χ0v) is 21.8. The van der Waals surface area contributed by atoms with Crippen LogP contribution in [0.4, 0.5) is 0 Å². The van der Waals surface area contributed by atoms with Crippen molar-refractivity contribution in [3.8, 4) is 22.8 Å². The van der Waals surface area contributed by atoms with E-state index in [1.165, 1.54) is 0 Å². The molecule has 0 aliphatic rings. The Hall–Kier alpha value is -2.46. The van der Waals surface area contributed by atoms with Gasteiger partial charge in [0, 0.05) is 26.7 Å². The Morgan fingerprint density at radius 1 is 0.686 bits per heavy atom. The summed E-state index contributed by atoms with van der Waals surface area (Å²) in [6.45, 7) is 0.323. The average molecular weight is 589 g/mol. The van der Waals surface area contributed by atoms with Gasteiger partial charge < -0.3 is 0 Å². The second-order valence-corrected chi connectivity index (χ2v) is 9.18. The monoisotopic (exact) mass is 586 g/mol. The van der Waals surface area contributed by atoms with Crippen LogP contribution in [0, 0.1) is 0 Å². The number of rotatable bonds is 4. The third-order valence-electron chi connectivity index (χ3n) is 4.63. The summed E-state index contributed by atoms with van der Waals surface area (Å²) in [6, 6.07) is 15.8. The number of hydrogen-bond acceptors (Lipinski definition) is 6. The maximum Gasteiger partial charge on any atom is 0.206 e. The van der Waals surface area contributed by atoms with Crippen molar-refractivity contribution in [2.24, 2.45) is 0 Å². The lowest BCUT2D eigenvalue weighted by Crippen LogP contribution is -2.06.